The van der Waals surface area contributed by atoms with E-state index >= 15 is 0 Å². The SMILES string of the molecule is Cc1c(Nc2nc3ccccc3s2)nnc2c1CCCN2c1ccc(-c2cnn(CC3(C(C)C)CCCCC3)c2C)c(C(=O)O)n1. The highest BCUT2D eigenvalue weighted by atomic mass is 32.1. The Balaban J connectivity index is 1.18. The second-order valence-corrected chi connectivity index (χ2v) is 14.1. The number of benzene rings is 1. The number of hydrogen-bond donors (Lipinski definition) is 2. The van der Waals surface area contributed by atoms with Gasteiger partial charge in [0.2, 0.25) is 0 Å². The van der Waals surface area contributed by atoms with Gasteiger partial charge in [0.05, 0.1) is 16.4 Å². The molecule has 11 heteroatoms. The number of fused-ring (bicyclic) bond motifs is 2. The van der Waals surface area contributed by atoms with Crippen LogP contribution in [-0.2, 0) is 13.0 Å². The molecule has 46 heavy (non-hydrogen) atoms. The lowest BCUT2D eigenvalue weighted by Gasteiger charge is -2.41. The van der Waals surface area contributed by atoms with Crippen molar-refractivity contribution in [3.8, 4) is 11.1 Å². The minimum absolute atomic E-state index is 0.0160. The van der Waals surface area contributed by atoms with Gasteiger partial charge in [-0.05, 0) is 75.1 Å². The van der Waals surface area contributed by atoms with Crippen LogP contribution in [0.3, 0.4) is 0 Å². The number of aromatic carboxylic acids is 1. The average Bonchev–Trinajstić information content (AvgIpc) is 3.64. The molecule has 5 heterocycles. The number of nitrogens with one attached hydrogen (secondary N) is 1. The van der Waals surface area contributed by atoms with Gasteiger partial charge in [0.15, 0.2) is 22.5 Å². The van der Waals surface area contributed by atoms with Gasteiger partial charge in [-0.2, -0.15) is 5.10 Å². The van der Waals surface area contributed by atoms with Crippen molar-refractivity contribution < 1.29 is 9.90 Å². The van der Waals surface area contributed by atoms with Crippen molar-refractivity contribution in [2.75, 3.05) is 16.8 Å². The predicted octanol–water partition coefficient (Wildman–Crippen LogP) is 8.09. The molecule has 1 aliphatic heterocycles. The van der Waals surface area contributed by atoms with Crippen molar-refractivity contribution in [2.45, 2.75) is 79.2 Å². The van der Waals surface area contributed by atoms with Gasteiger partial charge in [0.25, 0.3) is 0 Å². The van der Waals surface area contributed by atoms with Gasteiger partial charge < -0.3 is 15.3 Å². The van der Waals surface area contributed by atoms with Gasteiger partial charge in [-0.1, -0.05) is 56.6 Å². The zero-order valence-corrected chi connectivity index (χ0v) is 27.7. The van der Waals surface area contributed by atoms with E-state index in [-0.39, 0.29) is 11.1 Å². The molecule has 1 saturated carbocycles. The van der Waals surface area contributed by atoms with Crippen LogP contribution in [0.2, 0.25) is 0 Å². The first-order valence-electron chi connectivity index (χ1n) is 16.3. The number of carboxylic acid groups (broad SMARTS) is 1. The quantitative estimate of drug-likeness (QED) is 0.174. The van der Waals surface area contributed by atoms with Crippen molar-refractivity contribution in [1.29, 1.82) is 0 Å². The van der Waals surface area contributed by atoms with Gasteiger partial charge >= 0.3 is 5.97 Å². The standard InChI is InChI=1S/C35H40N8O2S/c1-21(2)35(16-8-5-9-17-35)20-43-23(4)26(19-36-43)25-14-15-29(38-30(25)33(44)45)42-18-10-11-24-22(3)31(40-41-32(24)42)39-34-37-27-12-6-7-13-28(27)46-34/h6-7,12-15,19,21H,5,8-11,16-18,20H2,1-4H3,(H,44,45)(H,37,39,40). The first kappa shape index (κ1) is 30.3. The molecule has 0 unspecified atom stereocenters. The van der Waals surface area contributed by atoms with Crippen LogP contribution in [0.5, 0.6) is 0 Å². The van der Waals surface area contributed by atoms with E-state index in [0.717, 1.165) is 57.1 Å². The van der Waals surface area contributed by atoms with E-state index in [2.05, 4.69) is 45.1 Å². The Kier molecular flexibility index (Phi) is 7.96. The number of rotatable bonds is 8. The highest BCUT2D eigenvalue weighted by Gasteiger charge is 2.36. The molecule has 7 rings (SSSR count). The summed E-state index contributed by atoms with van der Waals surface area (Å²) in [7, 11) is 0. The first-order chi connectivity index (χ1) is 22.2. The number of pyridine rings is 1. The summed E-state index contributed by atoms with van der Waals surface area (Å²) in [5.41, 5.74) is 5.62. The maximum atomic E-state index is 12.6. The number of nitrogens with zero attached hydrogens (tertiary/aromatic N) is 7. The summed E-state index contributed by atoms with van der Waals surface area (Å²) in [4.78, 5) is 24.0. The second-order valence-electron chi connectivity index (χ2n) is 13.1. The highest BCUT2D eigenvalue weighted by molar-refractivity contribution is 7.22. The molecule has 4 aromatic heterocycles. The topological polar surface area (TPSA) is 122 Å². The Bertz CT molecular complexity index is 1890. The summed E-state index contributed by atoms with van der Waals surface area (Å²) in [6, 6.07) is 11.8. The summed E-state index contributed by atoms with van der Waals surface area (Å²) in [5.74, 6) is 1.42. The molecule has 1 aliphatic carbocycles. The third-order valence-electron chi connectivity index (χ3n) is 10.2. The van der Waals surface area contributed by atoms with E-state index in [0.29, 0.717) is 35.5 Å². The Hall–Kier alpha value is -4.38. The van der Waals surface area contributed by atoms with Crippen LogP contribution < -0.4 is 10.2 Å². The smallest absolute Gasteiger partial charge is 0.355 e. The summed E-state index contributed by atoms with van der Waals surface area (Å²) in [6.07, 6.45) is 9.75. The number of anilines is 4. The van der Waals surface area contributed by atoms with Crippen molar-refractivity contribution in [1.82, 2.24) is 29.9 Å². The lowest BCUT2D eigenvalue weighted by molar-refractivity contribution is 0.0691. The maximum Gasteiger partial charge on any atom is 0.355 e. The minimum atomic E-state index is -1.06. The molecule has 0 amide bonds. The largest absolute Gasteiger partial charge is 0.476 e. The number of carboxylic acids is 1. The molecule has 0 atom stereocenters. The molecule has 0 saturated heterocycles. The van der Waals surface area contributed by atoms with Crippen LogP contribution in [0, 0.1) is 25.2 Å². The molecule has 238 valence electrons. The minimum Gasteiger partial charge on any atom is -0.476 e. The summed E-state index contributed by atoms with van der Waals surface area (Å²) in [5, 5.41) is 28.4. The molecule has 1 fully saturated rings. The van der Waals surface area contributed by atoms with Crippen LogP contribution in [0.15, 0.2) is 42.6 Å². The van der Waals surface area contributed by atoms with Crippen LogP contribution in [0.4, 0.5) is 22.6 Å². The van der Waals surface area contributed by atoms with Gasteiger partial charge in [-0.25, -0.2) is 14.8 Å². The summed E-state index contributed by atoms with van der Waals surface area (Å²) < 4.78 is 3.19. The molecule has 2 N–H and O–H groups in total. The van der Waals surface area contributed by atoms with E-state index in [1.165, 1.54) is 32.1 Å². The Labute approximate surface area is 272 Å². The van der Waals surface area contributed by atoms with Crippen LogP contribution in [0.25, 0.3) is 21.3 Å². The van der Waals surface area contributed by atoms with Crippen LogP contribution in [0.1, 0.15) is 79.7 Å². The number of para-hydroxylation sites is 1. The third-order valence-corrected chi connectivity index (χ3v) is 11.1. The van der Waals surface area contributed by atoms with Crippen molar-refractivity contribution in [3.05, 3.63) is 65.1 Å². The number of aromatic nitrogens is 6. The zero-order chi connectivity index (χ0) is 32.0. The summed E-state index contributed by atoms with van der Waals surface area (Å²) >= 11 is 1.58. The number of thiazole rings is 1. The first-order valence-corrected chi connectivity index (χ1v) is 17.1. The summed E-state index contributed by atoms with van der Waals surface area (Å²) in [6.45, 7) is 10.2. The molecule has 1 aromatic carbocycles. The van der Waals surface area contributed by atoms with Gasteiger partial charge in [0, 0.05) is 41.0 Å². The van der Waals surface area contributed by atoms with Gasteiger partial charge in [-0.15, -0.1) is 10.2 Å². The van der Waals surface area contributed by atoms with Crippen LogP contribution in [-0.4, -0.2) is 47.6 Å². The molecule has 5 aromatic rings. The third kappa shape index (κ3) is 5.40. The van der Waals surface area contributed by atoms with E-state index in [1.54, 1.807) is 17.5 Å². The van der Waals surface area contributed by atoms with Crippen molar-refractivity contribution >= 4 is 50.1 Å². The Morgan fingerprint density at radius 3 is 2.59 bits per heavy atom. The van der Waals surface area contributed by atoms with E-state index in [1.807, 2.05) is 49.1 Å². The molecular formula is C35H40N8O2S. The number of carbonyl (C=O) groups is 1. The lowest BCUT2D eigenvalue weighted by atomic mass is 9.67. The fraction of sp³-hybridized carbons (Fsp3) is 0.429. The Morgan fingerprint density at radius 2 is 1.83 bits per heavy atom. The van der Waals surface area contributed by atoms with Crippen molar-refractivity contribution in [3.63, 3.8) is 0 Å². The zero-order valence-electron chi connectivity index (χ0n) is 26.9. The molecule has 0 radical (unpaired) electrons. The second kappa shape index (κ2) is 12.1. The van der Waals surface area contributed by atoms with Gasteiger partial charge in [0.1, 0.15) is 5.82 Å². The molecule has 2 aliphatic rings. The fourth-order valence-electron chi connectivity index (χ4n) is 7.27. The lowest BCUT2D eigenvalue weighted by Crippen LogP contribution is -2.35. The average molecular weight is 637 g/mol. The Morgan fingerprint density at radius 1 is 1.02 bits per heavy atom. The van der Waals surface area contributed by atoms with E-state index in [4.69, 9.17) is 10.1 Å². The fourth-order valence-corrected chi connectivity index (χ4v) is 8.14. The molecule has 0 spiro atoms. The highest BCUT2D eigenvalue weighted by Crippen LogP contribution is 2.44. The maximum absolute atomic E-state index is 12.6. The van der Waals surface area contributed by atoms with Crippen molar-refractivity contribution in [2.24, 2.45) is 11.3 Å². The van der Waals surface area contributed by atoms with Gasteiger partial charge in [-0.3, -0.25) is 4.68 Å². The van der Waals surface area contributed by atoms with E-state index in [9.17, 15) is 9.90 Å². The number of hydrogen-bond acceptors (Lipinski definition) is 9. The predicted molar refractivity (Wildman–Crippen MR) is 183 cm³/mol. The normalized spacial score (nSPS) is 16.2. The molecule has 10 nitrogen and oxygen atoms in total. The van der Waals surface area contributed by atoms with E-state index < -0.39 is 5.97 Å². The monoisotopic (exact) mass is 636 g/mol. The van der Waals surface area contributed by atoms with Crippen LogP contribution >= 0.6 is 11.3 Å². The molecule has 0 bridgehead atoms. The molecular weight excluding hydrogens is 597 g/mol.